The van der Waals surface area contributed by atoms with Crippen molar-refractivity contribution in [3.8, 4) is 6.07 Å². The van der Waals surface area contributed by atoms with Crippen LogP contribution in [0.3, 0.4) is 0 Å². The number of halogens is 1. The molecule has 0 atom stereocenters. The standard InChI is InChI=1S/C10H8BrNO2S/c1-14-10(13)8-6-7(11)2-3-9(8)15-5-4-12/h2-3,6H,5H2,1H3. The highest BCUT2D eigenvalue weighted by Gasteiger charge is 2.12. The van der Waals surface area contributed by atoms with Crippen molar-refractivity contribution in [3.05, 3.63) is 28.2 Å². The maximum atomic E-state index is 11.4. The van der Waals surface area contributed by atoms with Crippen LogP contribution in [0, 0.1) is 11.3 Å². The SMILES string of the molecule is COC(=O)c1cc(Br)ccc1SCC#N. The second-order valence-corrected chi connectivity index (χ2v) is 4.51. The lowest BCUT2D eigenvalue weighted by Crippen LogP contribution is -2.03. The molecule has 0 N–H and O–H groups in total. The number of hydrogen-bond donors (Lipinski definition) is 0. The van der Waals surface area contributed by atoms with E-state index in [4.69, 9.17) is 5.26 Å². The molecule has 0 heterocycles. The summed E-state index contributed by atoms with van der Waals surface area (Å²) in [5.41, 5.74) is 0.479. The number of esters is 1. The second kappa shape index (κ2) is 5.79. The maximum absolute atomic E-state index is 11.4. The van der Waals surface area contributed by atoms with Crippen LogP contribution in [0.2, 0.25) is 0 Å². The number of carbonyl (C=O) groups is 1. The number of hydrogen-bond acceptors (Lipinski definition) is 4. The van der Waals surface area contributed by atoms with E-state index in [1.807, 2.05) is 12.1 Å². The summed E-state index contributed by atoms with van der Waals surface area (Å²) < 4.78 is 5.47. The molecule has 0 radical (unpaired) electrons. The highest BCUT2D eigenvalue weighted by molar-refractivity contribution is 9.10. The largest absolute Gasteiger partial charge is 0.465 e. The van der Waals surface area contributed by atoms with Crippen LogP contribution in [0.4, 0.5) is 0 Å². The van der Waals surface area contributed by atoms with Gasteiger partial charge in [-0.25, -0.2) is 4.79 Å². The van der Waals surface area contributed by atoms with E-state index in [1.165, 1.54) is 18.9 Å². The molecule has 0 aliphatic carbocycles. The van der Waals surface area contributed by atoms with Gasteiger partial charge in [-0.05, 0) is 18.2 Å². The summed E-state index contributed by atoms with van der Waals surface area (Å²) in [6, 6.07) is 7.32. The Bertz CT molecular complexity index is 414. The molecule has 0 fully saturated rings. The van der Waals surface area contributed by atoms with Gasteiger partial charge in [0.15, 0.2) is 0 Å². The normalized spacial score (nSPS) is 9.40. The van der Waals surface area contributed by atoms with Crippen LogP contribution in [-0.2, 0) is 4.74 Å². The van der Waals surface area contributed by atoms with Gasteiger partial charge in [-0.15, -0.1) is 11.8 Å². The first-order valence-electron chi connectivity index (χ1n) is 4.06. The molecule has 0 saturated heterocycles. The number of benzene rings is 1. The molecular formula is C10H8BrNO2S. The van der Waals surface area contributed by atoms with E-state index < -0.39 is 5.97 Å². The van der Waals surface area contributed by atoms with Crippen molar-refractivity contribution < 1.29 is 9.53 Å². The topological polar surface area (TPSA) is 50.1 Å². The minimum absolute atomic E-state index is 0.311. The molecule has 3 nitrogen and oxygen atoms in total. The third kappa shape index (κ3) is 3.26. The molecular weight excluding hydrogens is 278 g/mol. The van der Waals surface area contributed by atoms with E-state index in [0.717, 1.165) is 9.37 Å². The molecule has 1 aromatic rings. The number of thioether (sulfide) groups is 1. The fourth-order valence-electron chi connectivity index (χ4n) is 1.01. The first-order valence-corrected chi connectivity index (χ1v) is 5.84. The average Bonchev–Trinajstić information content (AvgIpc) is 2.26. The summed E-state index contributed by atoms with van der Waals surface area (Å²) in [4.78, 5) is 12.2. The Morgan fingerprint density at radius 3 is 3.00 bits per heavy atom. The van der Waals surface area contributed by atoms with Gasteiger partial charge in [-0.1, -0.05) is 15.9 Å². The molecule has 0 saturated carbocycles. The average molecular weight is 286 g/mol. The van der Waals surface area contributed by atoms with E-state index in [0.29, 0.717) is 11.3 Å². The predicted octanol–water partition coefficient (Wildman–Crippen LogP) is 2.85. The van der Waals surface area contributed by atoms with Crippen LogP contribution < -0.4 is 0 Å². The maximum Gasteiger partial charge on any atom is 0.339 e. The van der Waals surface area contributed by atoms with E-state index in [1.54, 1.807) is 12.1 Å². The van der Waals surface area contributed by atoms with Crippen molar-refractivity contribution in [1.82, 2.24) is 0 Å². The first kappa shape index (κ1) is 12.1. The van der Waals surface area contributed by atoms with Gasteiger partial charge in [0.2, 0.25) is 0 Å². The molecule has 1 aromatic carbocycles. The zero-order valence-corrected chi connectivity index (χ0v) is 10.4. The Morgan fingerprint density at radius 2 is 2.40 bits per heavy atom. The summed E-state index contributed by atoms with van der Waals surface area (Å²) in [5, 5.41) is 8.47. The van der Waals surface area contributed by atoms with Crippen LogP contribution in [0.15, 0.2) is 27.6 Å². The van der Waals surface area contributed by atoms with Gasteiger partial charge >= 0.3 is 5.97 Å². The Kier molecular flexibility index (Phi) is 4.66. The predicted molar refractivity (Wildman–Crippen MR) is 61.8 cm³/mol. The molecule has 0 aliphatic heterocycles. The number of nitriles is 1. The number of methoxy groups -OCH3 is 1. The minimum Gasteiger partial charge on any atom is -0.465 e. The van der Waals surface area contributed by atoms with Crippen molar-refractivity contribution >= 4 is 33.7 Å². The zero-order valence-electron chi connectivity index (χ0n) is 7.99. The molecule has 0 aromatic heterocycles. The van der Waals surface area contributed by atoms with E-state index >= 15 is 0 Å². The lowest BCUT2D eigenvalue weighted by Gasteiger charge is -2.05. The molecule has 5 heteroatoms. The van der Waals surface area contributed by atoms with Crippen molar-refractivity contribution in [2.24, 2.45) is 0 Å². The van der Waals surface area contributed by atoms with Gasteiger partial charge in [0.05, 0.1) is 24.5 Å². The number of ether oxygens (including phenoxy) is 1. The van der Waals surface area contributed by atoms with E-state index in [-0.39, 0.29) is 0 Å². The quantitative estimate of drug-likeness (QED) is 0.633. The van der Waals surface area contributed by atoms with Crippen LogP contribution in [0.1, 0.15) is 10.4 Å². The van der Waals surface area contributed by atoms with Crippen LogP contribution in [-0.4, -0.2) is 18.8 Å². The van der Waals surface area contributed by atoms with Crippen molar-refractivity contribution in [1.29, 1.82) is 5.26 Å². The van der Waals surface area contributed by atoms with Gasteiger partial charge < -0.3 is 4.74 Å². The summed E-state index contributed by atoms with van der Waals surface area (Å²) in [5.74, 6) is -0.0808. The van der Waals surface area contributed by atoms with Crippen LogP contribution in [0.5, 0.6) is 0 Å². The van der Waals surface area contributed by atoms with Gasteiger partial charge in [-0.3, -0.25) is 0 Å². The highest BCUT2D eigenvalue weighted by atomic mass is 79.9. The van der Waals surface area contributed by atoms with Crippen LogP contribution in [0.25, 0.3) is 0 Å². The summed E-state index contributed by atoms with van der Waals surface area (Å²) in [7, 11) is 1.34. The Hall–Kier alpha value is -0.990. The monoisotopic (exact) mass is 285 g/mol. The number of rotatable bonds is 3. The van der Waals surface area contributed by atoms with Crippen molar-refractivity contribution in [2.45, 2.75) is 4.90 Å². The van der Waals surface area contributed by atoms with Gasteiger partial charge in [0, 0.05) is 9.37 Å². The Labute approximate surface area is 101 Å². The van der Waals surface area contributed by atoms with Gasteiger partial charge in [0.1, 0.15) is 0 Å². The molecule has 0 unspecified atom stereocenters. The summed E-state index contributed by atoms with van der Waals surface area (Å²) in [6.45, 7) is 0. The van der Waals surface area contributed by atoms with Crippen molar-refractivity contribution in [3.63, 3.8) is 0 Å². The van der Waals surface area contributed by atoms with Crippen molar-refractivity contribution in [2.75, 3.05) is 12.9 Å². The number of carbonyl (C=O) groups excluding carboxylic acids is 1. The molecule has 0 bridgehead atoms. The summed E-state index contributed by atoms with van der Waals surface area (Å²) in [6.07, 6.45) is 0. The molecule has 0 aliphatic rings. The Balaban J connectivity index is 3.04. The van der Waals surface area contributed by atoms with Crippen LogP contribution >= 0.6 is 27.7 Å². The lowest BCUT2D eigenvalue weighted by atomic mass is 10.2. The Morgan fingerprint density at radius 1 is 1.67 bits per heavy atom. The lowest BCUT2D eigenvalue weighted by molar-refractivity contribution is 0.0596. The minimum atomic E-state index is -0.392. The van der Waals surface area contributed by atoms with E-state index in [9.17, 15) is 4.79 Å². The molecule has 0 amide bonds. The fourth-order valence-corrected chi connectivity index (χ4v) is 2.05. The first-order chi connectivity index (χ1) is 7.19. The number of nitrogens with zero attached hydrogens (tertiary/aromatic N) is 1. The molecule has 0 spiro atoms. The molecule has 15 heavy (non-hydrogen) atoms. The summed E-state index contributed by atoms with van der Waals surface area (Å²) >= 11 is 4.60. The molecule has 78 valence electrons. The third-order valence-corrected chi connectivity index (χ3v) is 3.07. The highest BCUT2D eigenvalue weighted by Crippen LogP contribution is 2.26. The third-order valence-electron chi connectivity index (χ3n) is 1.64. The van der Waals surface area contributed by atoms with Gasteiger partial charge in [0.25, 0.3) is 0 Å². The van der Waals surface area contributed by atoms with Gasteiger partial charge in [-0.2, -0.15) is 5.26 Å². The van der Waals surface area contributed by atoms with E-state index in [2.05, 4.69) is 20.7 Å². The second-order valence-electron chi connectivity index (χ2n) is 2.58. The smallest absolute Gasteiger partial charge is 0.339 e. The molecule has 1 rings (SSSR count). The zero-order chi connectivity index (χ0) is 11.3. The fraction of sp³-hybridized carbons (Fsp3) is 0.200.